The largest absolute Gasteiger partial charge is 0.302 e. The van der Waals surface area contributed by atoms with E-state index in [1.807, 2.05) is 30.3 Å². The lowest BCUT2D eigenvalue weighted by molar-refractivity contribution is 0.588. The van der Waals surface area contributed by atoms with Crippen LogP contribution in [0, 0.1) is 6.92 Å². The van der Waals surface area contributed by atoms with Crippen LogP contribution < -0.4 is 5.14 Å². The van der Waals surface area contributed by atoms with E-state index in [4.69, 9.17) is 5.14 Å². The van der Waals surface area contributed by atoms with Crippen LogP contribution in [-0.2, 0) is 16.6 Å². The second-order valence-electron chi connectivity index (χ2n) is 3.93. The third kappa shape index (κ3) is 2.57. The van der Waals surface area contributed by atoms with E-state index in [1.165, 1.54) is 6.20 Å². The molecule has 0 aliphatic carbocycles. The van der Waals surface area contributed by atoms with Gasteiger partial charge in [-0.2, -0.15) is 8.42 Å². The Hall–Kier alpha value is -1.59. The molecule has 2 rings (SSSR count). The Labute approximate surface area is 101 Å². The minimum Gasteiger partial charge on any atom is -0.238 e. The summed E-state index contributed by atoms with van der Waals surface area (Å²) in [6.45, 7) is 1.75. The van der Waals surface area contributed by atoms with Crippen LogP contribution in [0.3, 0.4) is 0 Å². The number of hydrogen-bond donors (Lipinski definition) is 1. The zero-order valence-corrected chi connectivity index (χ0v) is 10.3. The summed E-state index contributed by atoms with van der Waals surface area (Å²) in [5.41, 5.74) is 2.77. The molecule has 0 aliphatic rings. The fourth-order valence-electron chi connectivity index (χ4n) is 1.81. The fourth-order valence-corrected chi connectivity index (χ4v) is 2.54. The van der Waals surface area contributed by atoms with Gasteiger partial charge in [0, 0.05) is 11.9 Å². The van der Waals surface area contributed by atoms with Gasteiger partial charge in [0.1, 0.15) is 0 Å². The number of rotatable bonds is 3. The van der Waals surface area contributed by atoms with Crippen LogP contribution in [-0.4, -0.2) is 12.4 Å². The van der Waals surface area contributed by atoms with E-state index in [2.05, 4.69) is 0 Å². The molecule has 0 radical (unpaired) electrons. The second kappa shape index (κ2) is 4.35. The van der Waals surface area contributed by atoms with Gasteiger partial charge in [-0.3, -0.25) is 0 Å². The molecule has 0 unspecified atom stereocenters. The van der Waals surface area contributed by atoms with Gasteiger partial charge in [-0.25, -0.2) is 9.11 Å². The normalized spacial score (nSPS) is 11.6. The molecule has 0 saturated carbocycles. The summed E-state index contributed by atoms with van der Waals surface area (Å²) in [6.07, 6.45) is 2.19. The molecule has 4 nitrogen and oxygen atoms in total. The van der Waals surface area contributed by atoms with Crippen molar-refractivity contribution in [2.45, 2.75) is 13.3 Å². The van der Waals surface area contributed by atoms with Crippen molar-refractivity contribution in [1.29, 1.82) is 0 Å². The highest BCUT2D eigenvalue weighted by atomic mass is 32.2. The monoisotopic (exact) mass is 250 g/mol. The number of hydrogen-bond acceptors (Lipinski definition) is 2. The van der Waals surface area contributed by atoms with Gasteiger partial charge in [-0.15, -0.1) is 0 Å². The highest BCUT2D eigenvalue weighted by molar-refractivity contribution is 7.87. The SMILES string of the molecule is Cc1c(Cc2ccccc2)ccn1S(N)(=O)=O. The van der Waals surface area contributed by atoms with Crippen molar-refractivity contribution >= 4 is 10.2 Å². The van der Waals surface area contributed by atoms with Gasteiger partial charge >= 0.3 is 10.2 Å². The first-order valence-electron chi connectivity index (χ1n) is 5.22. The molecule has 0 saturated heterocycles. The van der Waals surface area contributed by atoms with Crippen LogP contribution in [0.25, 0.3) is 0 Å². The maximum atomic E-state index is 11.3. The smallest absolute Gasteiger partial charge is 0.238 e. The highest BCUT2D eigenvalue weighted by Crippen LogP contribution is 2.15. The molecule has 1 aromatic carbocycles. The van der Waals surface area contributed by atoms with Crippen LogP contribution in [0.4, 0.5) is 0 Å². The Morgan fingerprint density at radius 3 is 2.35 bits per heavy atom. The van der Waals surface area contributed by atoms with Crippen LogP contribution in [0.5, 0.6) is 0 Å². The molecular formula is C12H14N2O2S. The van der Waals surface area contributed by atoms with E-state index in [-0.39, 0.29) is 0 Å². The maximum Gasteiger partial charge on any atom is 0.302 e. The Kier molecular flexibility index (Phi) is 3.04. The van der Waals surface area contributed by atoms with Crippen LogP contribution >= 0.6 is 0 Å². The molecular weight excluding hydrogens is 236 g/mol. The summed E-state index contributed by atoms with van der Waals surface area (Å²) >= 11 is 0. The maximum absolute atomic E-state index is 11.3. The minimum absolute atomic E-state index is 0.663. The fraction of sp³-hybridized carbons (Fsp3) is 0.167. The van der Waals surface area contributed by atoms with Gasteiger partial charge in [0.2, 0.25) is 0 Å². The molecule has 1 heterocycles. The summed E-state index contributed by atoms with van der Waals surface area (Å²) in [5, 5.41) is 5.10. The lowest BCUT2D eigenvalue weighted by Crippen LogP contribution is -2.22. The first kappa shape index (κ1) is 11.9. The van der Waals surface area contributed by atoms with E-state index in [0.717, 1.165) is 15.1 Å². The van der Waals surface area contributed by atoms with Gasteiger partial charge in [-0.05, 0) is 30.5 Å². The number of nitrogens with two attached hydrogens (primary N) is 1. The summed E-state index contributed by atoms with van der Waals surface area (Å²) in [5.74, 6) is 0. The quantitative estimate of drug-likeness (QED) is 0.895. The molecule has 2 N–H and O–H groups in total. The van der Waals surface area contributed by atoms with E-state index in [1.54, 1.807) is 13.0 Å². The lowest BCUT2D eigenvalue weighted by atomic mass is 10.1. The van der Waals surface area contributed by atoms with Gasteiger partial charge in [0.05, 0.1) is 0 Å². The van der Waals surface area contributed by atoms with Crippen LogP contribution in [0.15, 0.2) is 42.6 Å². The Morgan fingerprint density at radius 2 is 1.82 bits per heavy atom. The summed E-state index contributed by atoms with van der Waals surface area (Å²) < 4.78 is 23.6. The van der Waals surface area contributed by atoms with Crippen molar-refractivity contribution in [3.05, 3.63) is 59.4 Å². The Balaban J connectivity index is 2.34. The summed E-state index contributed by atoms with van der Waals surface area (Å²) in [7, 11) is -3.69. The first-order valence-corrected chi connectivity index (χ1v) is 6.73. The Morgan fingerprint density at radius 1 is 1.18 bits per heavy atom. The topological polar surface area (TPSA) is 65.1 Å². The van der Waals surface area contributed by atoms with Gasteiger partial charge in [0.15, 0.2) is 0 Å². The third-order valence-electron chi connectivity index (χ3n) is 2.72. The number of aromatic nitrogens is 1. The Bertz CT molecular complexity index is 615. The molecule has 0 fully saturated rings. The minimum atomic E-state index is -3.69. The van der Waals surface area contributed by atoms with Crippen molar-refractivity contribution in [2.24, 2.45) is 5.14 Å². The van der Waals surface area contributed by atoms with E-state index in [0.29, 0.717) is 12.1 Å². The number of nitrogens with zero attached hydrogens (tertiary/aromatic N) is 1. The highest BCUT2D eigenvalue weighted by Gasteiger charge is 2.12. The average Bonchev–Trinajstić information content (AvgIpc) is 2.61. The third-order valence-corrected chi connectivity index (χ3v) is 3.66. The van der Waals surface area contributed by atoms with E-state index < -0.39 is 10.2 Å². The second-order valence-corrected chi connectivity index (χ2v) is 5.35. The van der Waals surface area contributed by atoms with Gasteiger partial charge in [0.25, 0.3) is 0 Å². The molecule has 0 atom stereocenters. The van der Waals surface area contributed by atoms with E-state index in [9.17, 15) is 8.42 Å². The predicted molar refractivity (Wildman–Crippen MR) is 66.9 cm³/mol. The van der Waals surface area contributed by atoms with Crippen molar-refractivity contribution in [3.8, 4) is 0 Å². The number of benzene rings is 1. The zero-order valence-electron chi connectivity index (χ0n) is 9.50. The summed E-state index contributed by atoms with van der Waals surface area (Å²) in [6, 6.07) is 11.7. The van der Waals surface area contributed by atoms with E-state index >= 15 is 0 Å². The van der Waals surface area contributed by atoms with Gasteiger partial charge < -0.3 is 0 Å². The van der Waals surface area contributed by atoms with Crippen molar-refractivity contribution in [1.82, 2.24) is 3.97 Å². The van der Waals surface area contributed by atoms with Crippen LogP contribution in [0.1, 0.15) is 16.8 Å². The molecule has 2 aromatic rings. The molecule has 0 amide bonds. The standard InChI is InChI=1S/C12H14N2O2S/c1-10-12(7-8-14(10)17(13,15)16)9-11-5-3-2-4-6-11/h2-8H,9H2,1H3,(H2,13,15,16). The molecule has 5 heteroatoms. The lowest BCUT2D eigenvalue weighted by Gasteiger charge is -2.04. The molecule has 0 aliphatic heterocycles. The van der Waals surface area contributed by atoms with Crippen molar-refractivity contribution in [2.75, 3.05) is 0 Å². The molecule has 17 heavy (non-hydrogen) atoms. The molecule has 90 valence electrons. The first-order chi connectivity index (χ1) is 7.98. The molecule has 0 spiro atoms. The van der Waals surface area contributed by atoms with Gasteiger partial charge in [-0.1, -0.05) is 30.3 Å². The molecule has 1 aromatic heterocycles. The summed E-state index contributed by atoms with van der Waals surface area (Å²) in [4.78, 5) is 0. The average molecular weight is 250 g/mol. The zero-order chi connectivity index (χ0) is 12.5. The van der Waals surface area contributed by atoms with Crippen LogP contribution in [0.2, 0.25) is 0 Å². The predicted octanol–water partition coefficient (Wildman–Crippen LogP) is 1.44. The van der Waals surface area contributed by atoms with Crippen molar-refractivity contribution < 1.29 is 8.42 Å². The molecule has 0 bridgehead atoms. The van der Waals surface area contributed by atoms with Crippen molar-refractivity contribution in [3.63, 3.8) is 0 Å².